The van der Waals surface area contributed by atoms with Gasteiger partial charge in [-0.1, -0.05) is 0 Å². The minimum Gasteiger partial charge on any atom is -1.00 e. The van der Waals surface area contributed by atoms with Crippen LogP contribution in [0.5, 0.6) is 0 Å². The van der Waals surface area contributed by atoms with Gasteiger partial charge in [0.15, 0.2) is 0 Å². The van der Waals surface area contributed by atoms with E-state index in [2.05, 4.69) is 261 Å². The van der Waals surface area contributed by atoms with Crippen LogP contribution in [-0.4, -0.2) is 135 Å². The molecule has 0 fully saturated rings. The largest absolute Gasteiger partial charge is 1.00 e. The third kappa shape index (κ3) is 8.77. The summed E-state index contributed by atoms with van der Waals surface area (Å²) >= 11 is 2.48. The number of hydrogen-bond donors (Lipinski definition) is 0. The first-order valence-corrected chi connectivity index (χ1v) is 24.8. The summed E-state index contributed by atoms with van der Waals surface area (Å²) in [4.78, 5) is 21.3. The molecule has 14 heteroatoms. The molecule has 65 heavy (non-hydrogen) atoms. The molecule has 4 rings (SSSR count). The summed E-state index contributed by atoms with van der Waals surface area (Å²) in [6.45, 7) is 24.7. The minimum atomic E-state index is -3.56. The van der Waals surface area contributed by atoms with Gasteiger partial charge in [0.2, 0.25) is 0 Å². The Hall–Kier alpha value is -2.86. The number of rotatable bonds is 13. The van der Waals surface area contributed by atoms with Crippen molar-refractivity contribution in [1.82, 2.24) is 0 Å². The fraction of sp³-hybridized carbons (Fsp3) is 0.569. The number of hydrogen-bond acceptors (Lipinski definition) is 9. The van der Waals surface area contributed by atoms with Crippen molar-refractivity contribution >= 4 is 74.8 Å². The molecule has 1 unspecified atom stereocenters. The van der Waals surface area contributed by atoms with E-state index in [1.54, 1.807) is 0 Å². The molecule has 0 saturated carbocycles. The van der Waals surface area contributed by atoms with Crippen LogP contribution in [-0.2, 0) is 20.4 Å². The maximum Gasteiger partial charge on any atom is -1.00 e. The van der Waals surface area contributed by atoms with Crippen LogP contribution in [0.3, 0.4) is 0 Å². The number of nitrogens with zero attached hydrogens (tertiary/aromatic N) is 9. The van der Waals surface area contributed by atoms with Crippen molar-refractivity contribution in [3.8, 4) is 0 Å². The van der Waals surface area contributed by atoms with Crippen molar-refractivity contribution in [1.29, 1.82) is 0 Å². The van der Waals surface area contributed by atoms with Crippen molar-refractivity contribution in [3.63, 3.8) is 0 Å². The first-order chi connectivity index (χ1) is 28.4. The van der Waals surface area contributed by atoms with E-state index in [-0.39, 0.29) is 37.2 Å². The number of allylic oxidation sites excluding steroid dienone is 4. The molecular weight excluding hydrogens is 921 g/mol. The van der Waals surface area contributed by atoms with Crippen molar-refractivity contribution in [2.24, 2.45) is 0 Å². The molecule has 3 aromatic carbocycles. The van der Waals surface area contributed by atoms with E-state index >= 15 is 0 Å². The van der Waals surface area contributed by atoms with Crippen LogP contribution >= 0.6 is 0 Å². The smallest absolute Gasteiger partial charge is 1.00 e. The van der Waals surface area contributed by atoms with E-state index in [9.17, 15) is 0 Å². The second kappa shape index (κ2) is 21.2. The predicted octanol–water partition coefficient (Wildman–Crippen LogP) is -1.46. The van der Waals surface area contributed by atoms with Gasteiger partial charge in [-0.2, -0.15) is 0 Å². The Balaban J connectivity index is 0.00000704. The van der Waals surface area contributed by atoms with Crippen LogP contribution < -0.4 is 96.9 Å². The van der Waals surface area contributed by atoms with Gasteiger partial charge in [-0.25, -0.2) is 0 Å². The van der Waals surface area contributed by atoms with Crippen LogP contribution in [0.2, 0.25) is 5.04 Å². The summed E-state index contributed by atoms with van der Waals surface area (Å²) < 4.78 is 1.48. The molecule has 0 saturated heterocycles. The van der Waals surface area contributed by atoms with Gasteiger partial charge in [-0.3, -0.25) is 0 Å². The molecule has 0 aromatic heterocycles. The predicted molar refractivity (Wildman–Crippen MR) is 281 cm³/mol. The zero-order chi connectivity index (χ0) is 47.9. The first-order valence-electron chi connectivity index (χ1n) is 22.1. The molecule has 0 heterocycles. The normalized spacial score (nSPS) is 14.7. The maximum absolute atomic E-state index is 3.56. The second-order valence-corrected chi connectivity index (χ2v) is 25.0. The molecule has 1 atom stereocenters. The zero-order valence-corrected chi connectivity index (χ0v) is 50.5. The standard InChI is InChI=1S/C51H84N9Si.3ClH.Ti/c1-30-29-51(10,38(9)31(30)2)61(48-32(3)39(52(11)12)45(58(23)24)40(33(48)4)53(13)14,49-34(5)41(54(15)16)46(59(25)26)42(35(49)6)55(17)18)50-36(7)43(56(19)20)47(60(27)28)44(37(50)8)57(21)22;;;;/h1-28H3;3*1H;/q;;;;+3/p-3. The van der Waals surface area contributed by atoms with Gasteiger partial charge in [0, 0.05) is 0 Å². The van der Waals surface area contributed by atoms with Crippen molar-refractivity contribution in [2.75, 3.05) is 171 Å². The number of benzene rings is 3. The fourth-order valence-corrected chi connectivity index (χ4v) is 21.3. The van der Waals surface area contributed by atoms with Crippen molar-refractivity contribution in [3.05, 3.63) is 54.0 Å². The third-order valence-electron chi connectivity index (χ3n) is 14.4. The molecule has 1 aliphatic carbocycles. The summed E-state index contributed by atoms with van der Waals surface area (Å²) in [5, 5.41) is 4.13. The Kier molecular flexibility index (Phi) is 19.6. The summed E-state index contributed by atoms with van der Waals surface area (Å²) in [7, 11) is 36.6. The molecule has 0 N–H and O–H groups in total. The van der Waals surface area contributed by atoms with Crippen molar-refractivity contribution < 1.29 is 57.7 Å². The number of anilines is 9. The Morgan fingerprint density at radius 3 is 0.600 bits per heavy atom. The monoisotopic (exact) mass is 1000 g/mol. The minimum absolute atomic E-state index is 0. The van der Waals surface area contributed by atoms with Gasteiger partial charge in [-0.15, -0.1) is 0 Å². The van der Waals surface area contributed by atoms with Crippen LogP contribution in [0.4, 0.5) is 51.2 Å². The first kappa shape index (κ1) is 60.2. The van der Waals surface area contributed by atoms with Crippen LogP contribution in [0, 0.1) is 41.5 Å². The average Bonchev–Trinajstić information content (AvgIpc) is 3.27. The van der Waals surface area contributed by atoms with Gasteiger partial charge in [0.25, 0.3) is 0 Å². The Morgan fingerprint density at radius 1 is 0.308 bits per heavy atom. The van der Waals surface area contributed by atoms with E-state index in [0.717, 1.165) is 0 Å². The molecule has 0 aliphatic heterocycles. The van der Waals surface area contributed by atoms with E-state index in [0.29, 0.717) is 0 Å². The van der Waals surface area contributed by atoms with Crippen LogP contribution in [0.15, 0.2) is 20.6 Å². The quantitative estimate of drug-likeness (QED) is 0.151. The van der Waals surface area contributed by atoms with E-state index in [1.165, 1.54) is 121 Å². The topological polar surface area (TPSA) is 29.2 Å². The van der Waals surface area contributed by atoms with Gasteiger partial charge < -0.3 is 37.2 Å². The van der Waals surface area contributed by atoms with E-state index in [4.69, 9.17) is 0 Å². The van der Waals surface area contributed by atoms with E-state index < -0.39 is 13.1 Å². The summed E-state index contributed by atoms with van der Waals surface area (Å²) in [5.74, 6) is 0. The Labute approximate surface area is 428 Å². The Morgan fingerprint density at radius 2 is 0.477 bits per heavy atom. The van der Waals surface area contributed by atoms with Gasteiger partial charge in [-0.05, 0) is 0 Å². The van der Waals surface area contributed by atoms with Gasteiger partial charge >= 0.3 is 394 Å². The molecule has 0 amide bonds. The summed E-state index contributed by atoms with van der Waals surface area (Å²) in [6, 6.07) is 0. The molecule has 0 bridgehead atoms. The fourth-order valence-electron chi connectivity index (χ4n) is 12.2. The molecule has 1 aliphatic rings. The number of halogens is 3. The molecule has 3 aromatic rings. The van der Waals surface area contributed by atoms with Gasteiger partial charge in [0.05, 0.1) is 0 Å². The molecule has 362 valence electrons. The second-order valence-electron chi connectivity index (χ2n) is 20.2. The van der Waals surface area contributed by atoms with Crippen LogP contribution in [0.1, 0.15) is 61.1 Å². The molecule has 9 nitrogen and oxygen atoms in total. The Bertz CT molecular complexity index is 2000. The average molecular weight is 1010 g/mol. The maximum atomic E-state index is 2.67. The summed E-state index contributed by atoms with van der Waals surface area (Å²) in [6.07, 6.45) is 0. The third-order valence-corrected chi connectivity index (χ3v) is 22.8. The molecular formula is C51H84Cl3N9SiTi. The summed E-state index contributed by atoms with van der Waals surface area (Å²) in [5.41, 5.74) is 23.9. The van der Waals surface area contributed by atoms with Gasteiger partial charge in [0.1, 0.15) is 0 Å². The zero-order valence-electron chi connectivity index (χ0n) is 45.7. The molecule has 0 radical (unpaired) electrons. The SMILES string of the molecule is CC1=C(C)C(C)([Si](c2c(C)c(N(C)C)c(N(C)C)c(N(C)C)c2C)(c2c(C)c(N(C)C)c(N(C)C)c(N(C)C)c2C)c2c(C)c(N(C)C)c(N(C)C)c(N(C)C)c2C)[C]([Ti+3])=C1C.[Cl-].[Cl-].[Cl-]. The molecule has 0 spiro atoms. The van der Waals surface area contributed by atoms with Crippen LogP contribution in [0.25, 0.3) is 0 Å². The van der Waals surface area contributed by atoms with E-state index in [1.807, 2.05) is 0 Å². The van der Waals surface area contributed by atoms with Crippen molar-refractivity contribution in [2.45, 2.75) is 74.3 Å².